The van der Waals surface area contributed by atoms with Gasteiger partial charge in [0, 0.05) is 18.7 Å². The maximum absolute atomic E-state index is 11.1. The zero-order valence-electron chi connectivity index (χ0n) is 12.3. The Bertz CT molecular complexity index is 468. The van der Waals surface area contributed by atoms with Crippen molar-refractivity contribution in [1.82, 2.24) is 4.90 Å². The van der Waals surface area contributed by atoms with E-state index in [1.165, 1.54) is 19.4 Å². The Morgan fingerprint density at radius 1 is 1.15 bits per heavy atom. The zero-order chi connectivity index (χ0) is 14.2. The number of fused-ring (bicyclic) bond motifs is 1. The summed E-state index contributed by atoms with van der Waals surface area (Å²) >= 11 is 0. The summed E-state index contributed by atoms with van der Waals surface area (Å²) in [6, 6.07) is 6.24. The Morgan fingerprint density at radius 3 is 2.50 bits per heavy atom. The third-order valence-corrected chi connectivity index (χ3v) is 4.77. The van der Waals surface area contributed by atoms with Crippen molar-refractivity contribution in [3.05, 3.63) is 23.8 Å². The third-order valence-electron chi connectivity index (χ3n) is 4.77. The predicted octanol–water partition coefficient (Wildman–Crippen LogP) is 2.15. The summed E-state index contributed by atoms with van der Waals surface area (Å²) in [5, 5.41) is 11.1. The molecule has 2 unspecified atom stereocenters. The first-order valence-electron chi connectivity index (χ1n) is 7.34. The summed E-state index contributed by atoms with van der Waals surface area (Å²) in [6.45, 7) is 2.16. The molecule has 2 heterocycles. The van der Waals surface area contributed by atoms with Gasteiger partial charge in [0.25, 0.3) is 0 Å². The van der Waals surface area contributed by atoms with Gasteiger partial charge in [-0.3, -0.25) is 0 Å². The molecule has 1 N–H and O–H groups in total. The van der Waals surface area contributed by atoms with Crippen LogP contribution in [-0.2, 0) is 5.60 Å². The zero-order valence-corrected chi connectivity index (χ0v) is 12.3. The molecular formula is C16H23NO3. The summed E-state index contributed by atoms with van der Waals surface area (Å²) in [5.74, 6) is 1.48. The molecule has 20 heavy (non-hydrogen) atoms. The quantitative estimate of drug-likeness (QED) is 0.919. The topological polar surface area (TPSA) is 41.9 Å². The first-order chi connectivity index (χ1) is 9.64. The van der Waals surface area contributed by atoms with Crippen LogP contribution >= 0.6 is 0 Å². The average molecular weight is 277 g/mol. The SMILES string of the molecule is COc1cc(OC)cc(C2(O)CCN3CCCC3C2)c1. The molecule has 0 amide bonds. The summed E-state index contributed by atoms with van der Waals surface area (Å²) in [4.78, 5) is 2.51. The van der Waals surface area contributed by atoms with E-state index in [-0.39, 0.29) is 0 Å². The second kappa shape index (κ2) is 5.26. The van der Waals surface area contributed by atoms with Crippen LogP contribution in [0.5, 0.6) is 11.5 Å². The van der Waals surface area contributed by atoms with E-state index in [1.54, 1.807) is 14.2 Å². The molecule has 0 aliphatic carbocycles. The van der Waals surface area contributed by atoms with Crippen molar-refractivity contribution in [3.63, 3.8) is 0 Å². The molecule has 0 spiro atoms. The number of ether oxygens (including phenoxy) is 2. The fourth-order valence-corrected chi connectivity index (χ4v) is 3.58. The molecule has 0 bridgehead atoms. The van der Waals surface area contributed by atoms with Gasteiger partial charge in [-0.25, -0.2) is 0 Å². The van der Waals surface area contributed by atoms with Crippen LogP contribution in [0.15, 0.2) is 18.2 Å². The van der Waals surface area contributed by atoms with Crippen molar-refractivity contribution in [2.75, 3.05) is 27.3 Å². The number of nitrogens with zero attached hydrogens (tertiary/aromatic N) is 1. The highest BCUT2D eigenvalue weighted by Gasteiger charge is 2.41. The predicted molar refractivity (Wildman–Crippen MR) is 77.3 cm³/mol. The van der Waals surface area contributed by atoms with Crippen LogP contribution in [0.2, 0.25) is 0 Å². The molecule has 2 aliphatic rings. The molecule has 0 saturated carbocycles. The van der Waals surface area contributed by atoms with Crippen molar-refractivity contribution in [1.29, 1.82) is 0 Å². The minimum absolute atomic E-state index is 0.519. The van der Waals surface area contributed by atoms with E-state index in [0.717, 1.165) is 36.4 Å². The van der Waals surface area contributed by atoms with Gasteiger partial charge < -0.3 is 19.5 Å². The van der Waals surface area contributed by atoms with E-state index in [1.807, 2.05) is 18.2 Å². The average Bonchev–Trinajstić information content (AvgIpc) is 2.93. The summed E-state index contributed by atoms with van der Waals surface area (Å²) < 4.78 is 10.6. The first-order valence-corrected chi connectivity index (χ1v) is 7.34. The smallest absolute Gasteiger partial charge is 0.122 e. The molecule has 2 aliphatic heterocycles. The van der Waals surface area contributed by atoms with Crippen molar-refractivity contribution < 1.29 is 14.6 Å². The molecule has 2 saturated heterocycles. The van der Waals surface area contributed by atoms with Crippen LogP contribution in [-0.4, -0.2) is 43.4 Å². The molecule has 110 valence electrons. The highest BCUT2D eigenvalue weighted by atomic mass is 16.5. The molecule has 1 aromatic rings. The summed E-state index contributed by atoms with van der Waals surface area (Å²) in [5.41, 5.74) is 0.160. The lowest BCUT2D eigenvalue weighted by Crippen LogP contribution is -2.46. The van der Waals surface area contributed by atoms with Gasteiger partial charge in [-0.05, 0) is 49.9 Å². The van der Waals surface area contributed by atoms with Crippen molar-refractivity contribution >= 4 is 0 Å². The number of piperidine rings is 1. The van der Waals surface area contributed by atoms with E-state index < -0.39 is 5.60 Å². The van der Waals surface area contributed by atoms with Crippen LogP contribution in [0, 0.1) is 0 Å². The minimum Gasteiger partial charge on any atom is -0.497 e. The monoisotopic (exact) mass is 277 g/mol. The number of hydrogen-bond acceptors (Lipinski definition) is 4. The maximum Gasteiger partial charge on any atom is 0.122 e. The Balaban J connectivity index is 1.90. The molecule has 2 fully saturated rings. The van der Waals surface area contributed by atoms with Crippen molar-refractivity contribution in [2.45, 2.75) is 37.3 Å². The fourth-order valence-electron chi connectivity index (χ4n) is 3.58. The van der Waals surface area contributed by atoms with Gasteiger partial charge in [0.05, 0.1) is 19.8 Å². The highest BCUT2D eigenvalue weighted by Crippen LogP contribution is 2.41. The Kier molecular flexibility index (Phi) is 3.61. The van der Waals surface area contributed by atoms with E-state index in [0.29, 0.717) is 6.04 Å². The van der Waals surface area contributed by atoms with E-state index in [9.17, 15) is 5.11 Å². The largest absolute Gasteiger partial charge is 0.497 e. The first kappa shape index (κ1) is 13.7. The number of aliphatic hydroxyl groups is 1. The third kappa shape index (κ3) is 2.38. The molecule has 4 nitrogen and oxygen atoms in total. The van der Waals surface area contributed by atoms with Crippen LogP contribution in [0.25, 0.3) is 0 Å². The van der Waals surface area contributed by atoms with E-state index >= 15 is 0 Å². The number of hydrogen-bond donors (Lipinski definition) is 1. The van der Waals surface area contributed by atoms with Crippen LogP contribution < -0.4 is 9.47 Å². The van der Waals surface area contributed by atoms with Gasteiger partial charge in [-0.15, -0.1) is 0 Å². The van der Waals surface area contributed by atoms with Gasteiger partial charge in [0.2, 0.25) is 0 Å². The van der Waals surface area contributed by atoms with Gasteiger partial charge in [-0.1, -0.05) is 0 Å². The van der Waals surface area contributed by atoms with Gasteiger partial charge in [-0.2, -0.15) is 0 Å². The van der Waals surface area contributed by atoms with Gasteiger partial charge in [0.15, 0.2) is 0 Å². The van der Waals surface area contributed by atoms with Crippen LogP contribution in [0.1, 0.15) is 31.2 Å². The number of methoxy groups -OCH3 is 2. The van der Waals surface area contributed by atoms with Crippen molar-refractivity contribution in [2.24, 2.45) is 0 Å². The molecule has 3 rings (SSSR count). The minimum atomic E-state index is -0.757. The molecular weight excluding hydrogens is 254 g/mol. The van der Waals surface area contributed by atoms with Crippen LogP contribution in [0.3, 0.4) is 0 Å². The number of rotatable bonds is 3. The standard InChI is InChI=1S/C16H23NO3/c1-19-14-8-12(9-15(10-14)20-2)16(18)5-7-17-6-3-4-13(17)11-16/h8-10,13,18H,3-7,11H2,1-2H3. The summed E-state index contributed by atoms with van der Waals surface area (Å²) in [7, 11) is 3.28. The fraction of sp³-hybridized carbons (Fsp3) is 0.625. The lowest BCUT2D eigenvalue weighted by atomic mass is 9.81. The second-order valence-corrected chi connectivity index (χ2v) is 5.92. The molecule has 0 aromatic heterocycles. The highest BCUT2D eigenvalue weighted by molar-refractivity contribution is 5.41. The Morgan fingerprint density at radius 2 is 1.85 bits per heavy atom. The van der Waals surface area contributed by atoms with Gasteiger partial charge in [0.1, 0.15) is 11.5 Å². The van der Waals surface area contributed by atoms with Crippen LogP contribution in [0.4, 0.5) is 0 Å². The lowest BCUT2D eigenvalue weighted by Gasteiger charge is -2.41. The van der Waals surface area contributed by atoms with E-state index in [2.05, 4.69) is 4.90 Å². The second-order valence-electron chi connectivity index (χ2n) is 5.92. The molecule has 4 heteroatoms. The van der Waals surface area contributed by atoms with Crippen molar-refractivity contribution in [3.8, 4) is 11.5 Å². The Hall–Kier alpha value is -1.26. The molecule has 1 aromatic carbocycles. The Labute approximate surface area is 120 Å². The maximum atomic E-state index is 11.1. The number of benzene rings is 1. The molecule has 2 atom stereocenters. The summed E-state index contributed by atoms with van der Waals surface area (Å²) in [6.07, 6.45) is 4.04. The van der Waals surface area contributed by atoms with E-state index in [4.69, 9.17) is 9.47 Å². The normalized spacial score (nSPS) is 30.1. The van der Waals surface area contributed by atoms with Gasteiger partial charge >= 0.3 is 0 Å². The molecule has 0 radical (unpaired) electrons. The lowest BCUT2D eigenvalue weighted by molar-refractivity contribution is -0.0411.